The number of anilines is 2. The molecule has 7 nitrogen and oxygen atoms in total. The van der Waals surface area contributed by atoms with Gasteiger partial charge in [-0.3, -0.25) is 9.59 Å². The molecule has 3 aromatic rings. The molecule has 0 unspecified atom stereocenters. The summed E-state index contributed by atoms with van der Waals surface area (Å²) in [5.41, 5.74) is 1.09. The minimum atomic E-state index is -0.646. The van der Waals surface area contributed by atoms with Crippen molar-refractivity contribution in [2.24, 2.45) is 11.3 Å². The van der Waals surface area contributed by atoms with Gasteiger partial charge in [0.2, 0.25) is 5.91 Å². The molecule has 1 aromatic heterocycles. The maximum absolute atomic E-state index is 13.3. The maximum atomic E-state index is 13.3. The van der Waals surface area contributed by atoms with Gasteiger partial charge in [-0.25, -0.2) is 0 Å². The average molecular weight is 451 g/mol. The molecule has 0 bridgehead atoms. The number of amides is 2. The molecule has 1 aliphatic rings. The second-order valence-corrected chi connectivity index (χ2v) is 9.44. The molecule has 0 fully saturated rings. The second-order valence-electron chi connectivity index (χ2n) is 9.44. The predicted molar refractivity (Wildman–Crippen MR) is 128 cm³/mol. The number of ether oxygens (including phenoxy) is 2. The summed E-state index contributed by atoms with van der Waals surface area (Å²) in [4.78, 5) is 28.0. The lowest BCUT2D eigenvalue weighted by Crippen LogP contribution is -2.42. The molecule has 33 heavy (non-hydrogen) atoms. The lowest BCUT2D eigenvalue weighted by molar-refractivity contribution is -0.127. The quantitative estimate of drug-likeness (QED) is 0.537. The molecule has 174 valence electrons. The smallest absolute Gasteiger partial charge is 0.291 e. The minimum Gasteiger partial charge on any atom is -0.493 e. The molecule has 2 aromatic carbocycles. The number of rotatable bonds is 6. The Bertz CT molecular complexity index is 1190. The maximum Gasteiger partial charge on any atom is 0.291 e. The highest BCUT2D eigenvalue weighted by molar-refractivity contribution is 6.06. The molecule has 0 saturated carbocycles. The monoisotopic (exact) mass is 450 g/mol. The van der Waals surface area contributed by atoms with Crippen molar-refractivity contribution in [1.29, 1.82) is 0 Å². The van der Waals surface area contributed by atoms with E-state index in [-0.39, 0.29) is 17.6 Å². The predicted octanol–water partition coefficient (Wildman–Crippen LogP) is 5.49. The van der Waals surface area contributed by atoms with Gasteiger partial charge >= 0.3 is 0 Å². The van der Waals surface area contributed by atoms with Crippen molar-refractivity contribution >= 4 is 34.2 Å². The fourth-order valence-electron chi connectivity index (χ4n) is 3.83. The summed E-state index contributed by atoms with van der Waals surface area (Å²) in [5.74, 6) is 1.44. The fourth-order valence-corrected chi connectivity index (χ4v) is 3.83. The Balaban J connectivity index is 1.63. The lowest BCUT2D eigenvalue weighted by Gasteiger charge is -2.28. The van der Waals surface area contributed by atoms with Crippen LogP contribution in [0.1, 0.15) is 44.7 Å². The number of nitrogens with zero attached hydrogens (tertiary/aromatic N) is 1. The van der Waals surface area contributed by atoms with Gasteiger partial charge in [0.25, 0.3) is 5.91 Å². The highest BCUT2D eigenvalue weighted by atomic mass is 16.5. The normalized spacial score (nSPS) is 15.2. The van der Waals surface area contributed by atoms with Crippen LogP contribution in [0, 0.1) is 11.3 Å². The molecule has 1 aliphatic heterocycles. The molecule has 2 heterocycles. The number of fused-ring (bicyclic) bond motifs is 2. The van der Waals surface area contributed by atoms with E-state index in [1.165, 1.54) is 0 Å². The van der Waals surface area contributed by atoms with E-state index in [1.54, 1.807) is 42.3 Å². The number of furan rings is 1. The third kappa shape index (κ3) is 4.53. The second kappa shape index (κ2) is 8.81. The number of carbonyl (C=O) groups is 2. The van der Waals surface area contributed by atoms with Gasteiger partial charge in [0.1, 0.15) is 12.4 Å². The third-order valence-electron chi connectivity index (χ3n) is 5.80. The third-order valence-corrected chi connectivity index (χ3v) is 5.80. The van der Waals surface area contributed by atoms with E-state index in [4.69, 9.17) is 13.9 Å². The van der Waals surface area contributed by atoms with Gasteiger partial charge in [-0.15, -0.1) is 0 Å². The molecule has 0 atom stereocenters. The van der Waals surface area contributed by atoms with Gasteiger partial charge < -0.3 is 24.1 Å². The Morgan fingerprint density at radius 1 is 1.21 bits per heavy atom. The van der Waals surface area contributed by atoms with Crippen LogP contribution in [0.3, 0.4) is 0 Å². The summed E-state index contributed by atoms with van der Waals surface area (Å²) < 4.78 is 17.0. The van der Waals surface area contributed by atoms with Crippen molar-refractivity contribution in [3.63, 3.8) is 0 Å². The number of hydrogen-bond acceptors (Lipinski definition) is 5. The van der Waals surface area contributed by atoms with Gasteiger partial charge in [-0.1, -0.05) is 26.0 Å². The van der Waals surface area contributed by atoms with E-state index < -0.39 is 5.41 Å². The number of benzene rings is 2. The fraction of sp³-hybridized carbons (Fsp3) is 0.385. The summed E-state index contributed by atoms with van der Waals surface area (Å²) >= 11 is 0. The number of hydrogen-bond donors (Lipinski definition) is 1. The summed E-state index contributed by atoms with van der Waals surface area (Å²) in [6.45, 7) is 8.92. The Kier molecular flexibility index (Phi) is 6.06. The highest BCUT2D eigenvalue weighted by Gasteiger charge is 2.37. The molecule has 0 aliphatic carbocycles. The molecule has 0 saturated heterocycles. The summed E-state index contributed by atoms with van der Waals surface area (Å²) in [6, 6.07) is 12.5. The van der Waals surface area contributed by atoms with Crippen LogP contribution >= 0.6 is 0 Å². The molecule has 7 heteroatoms. The van der Waals surface area contributed by atoms with E-state index in [0.717, 1.165) is 11.8 Å². The van der Waals surface area contributed by atoms with Gasteiger partial charge in [-0.05, 0) is 56.5 Å². The van der Waals surface area contributed by atoms with E-state index in [1.807, 2.05) is 26.0 Å². The van der Waals surface area contributed by atoms with Crippen molar-refractivity contribution in [2.45, 2.75) is 34.1 Å². The minimum absolute atomic E-state index is 0.00903. The largest absolute Gasteiger partial charge is 0.493 e. The Morgan fingerprint density at radius 3 is 2.73 bits per heavy atom. The highest BCUT2D eigenvalue weighted by Crippen LogP contribution is 2.39. The summed E-state index contributed by atoms with van der Waals surface area (Å²) in [7, 11) is 1.56. The summed E-state index contributed by atoms with van der Waals surface area (Å²) in [6.07, 6.45) is 0.860. The van der Waals surface area contributed by atoms with Crippen molar-refractivity contribution in [3.8, 4) is 11.5 Å². The zero-order chi connectivity index (χ0) is 23.8. The standard InChI is InChI=1S/C26H30N2O5/c1-16(2)11-12-28-19-14-18(9-10-20(19)32-15-26(3,4)25(28)30)27-24(29)22-13-17-7-6-8-21(31-5)23(17)33-22/h6-10,13-14,16H,11-12,15H2,1-5H3,(H,27,29). The van der Waals surface area contributed by atoms with Gasteiger partial charge in [0, 0.05) is 17.6 Å². The first-order chi connectivity index (χ1) is 15.7. The summed E-state index contributed by atoms with van der Waals surface area (Å²) in [5, 5.41) is 3.66. The molecular formula is C26H30N2O5. The topological polar surface area (TPSA) is 81.0 Å². The van der Waals surface area contributed by atoms with E-state index >= 15 is 0 Å². The Labute approximate surface area is 193 Å². The first kappa shape index (κ1) is 22.7. The zero-order valence-corrected chi connectivity index (χ0v) is 19.7. The van der Waals surface area contributed by atoms with Gasteiger partial charge in [-0.2, -0.15) is 0 Å². The van der Waals surface area contributed by atoms with Crippen LogP contribution in [-0.4, -0.2) is 32.1 Å². The Hall–Kier alpha value is -3.48. The Morgan fingerprint density at radius 2 is 2.00 bits per heavy atom. The SMILES string of the molecule is COc1cccc2cc(C(=O)Nc3ccc4c(c3)N(CCC(C)C)C(=O)C(C)(C)CO4)oc12. The van der Waals surface area contributed by atoms with Crippen molar-refractivity contribution in [1.82, 2.24) is 0 Å². The van der Waals surface area contributed by atoms with Crippen LogP contribution < -0.4 is 19.7 Å². The van der Waals surface area contributed by atoms with Crippen molar-refractivity contribution in [3.05, 3.63) is 48.2 Å². The van der Waals surface area contributed by atoms with E-state index in [2.05, 4.69) is 19.2 Å². The van der Waals surface area contributed by atoms with Crippen LogP contribution in [0.15, 0.2) is 46.9 Å². The van der Waals surface area contributed by atoms with Crippen LogP contribution in [-0.2, 0) is 4.79 Å². The molecule has 4 rings (SSSR count). The molecule has 0 spiro atoms. The average Bonchev–Trinajstić information content (AvgIpc) is 3.19. The number of methoxy groups -OCH3 is 1. The molecule has 2 amide bonds. The van der Waals surface area contributed by atoms with Crippen LogP contribution in [0.5, 0.6) is 11.5 Å². The lowest BCUT2D eigenvalue weighted by atomic mass is 9.92. The number of nitrogens with one attached hydrogen (secondary N) is 1. The van der Waals surface area contributed by atoms with Gasteiger partial charge in [0.15, 0.2) is 17.1 Å². The van der Waals surface area contributed by atoms with Gasteiger partial charge in [0.05, 0.1) is 18.2 Å². The molecule has 0 radical (unpaired) electrons. The first-order valence-corrected chi connectivity index (χ1v) is 11.2. The zero-order valence-electron chi connectivity index (χ0n) is 19.7. The van der Waals surface area contributed by atoms with Crippen molar-refractivity contribution in [2.75, 3.05) is 30.5 Å². The van der Waals surface area contributed by atoms with E-state index in [0.29, 0.717) is 47.5 Å². The molecular weight excluding hydrogens is 420 g/mol. The van der Waals surface area contributed by atoms with Crippen LogP contribution in [0.2, 0.25) is 0 Å². The van der Waals surface area contributed by atoms with Crippen LogP contribution in [0.4, 0.5) is 11.4 Å². The van der Waals surface area contributed by atoms with Crippen LogP contribution in [0.25, 0.3) is 11.0 Å². The van der Waals surface area contributed by atoms with Crippen molar-refractivity contribution < 1.29 is 23.5 Å². The number of para-hydroxylation sites is 1. The van der Waals surface area contributed by atoms with E-state index in [9.17, 15) is 9.59 Å². The first-order valence-electron chi connectivity index (χ1n) is 11.2. The number of carbonyl (C=O) groups excluding carboxylic acids is 2. The molecule has 1 N–H and O–H groups in total.